The number of hydrogen-bond acceptors (Lipinski definition) is 5. The molecule has 0 radical (unpaired) electrons. The summed E-state index contributed by atoms with van der Waals surface area (Å²) in [7, 11) is 1.83. The summed E-state index contributed by atoms with van der Waals surface area (Å²) >= 11 is 0. The number of rotatable bonds is 7. The lowest BCUT2D eigenvalue weighted by Gasteiger charge is -2.41. The molecule has 1 fully saturated rings. The highest BCUT2D eigenvalue weighted by Crippen LogP contribution is 2.32. The van der Waals surface area contributed by atoms with Crippen molar-refractivity contribution in [2.45, 2.75) is 98.4 Å². The van der Waals surface area contributed by atoms with E-state index < -0.39 is 5.60 Å². The first-order valence-corrected chi connectivity index (χ1v) is 13.6. The van der Waals surface area contributed by atoms with Gasteiger partial charge in [0.1, 0.15) is 5.60 Å². The predicted octanol–water partition coefficient (Wildman–Crippen LogP) is 5.23. The molecule has 0 atom stereocenters. The molecular formula is C30H44N4O4. The number of ether oxygens (including phenoxy) is 1. The Kier molecular flexibility index (Phi) is 9.28. The van der Waals surface area contributed by atoms with Crippen LogP contribution in [0.3, 0.4) is 0 Å². The Labute approximate surface area is 226 Å². The Morgan fingerprint density at radius 2 is 1.71 bits per heavy atom. The Morgan fingerprint density at radius 1 is 1.08 bits per heavy atom. The van der Waals surface area contributed by atoms with Crippen LogP contribution >= 0.6 is 0 Å². The van der Waals surface area contributed by atoms with Gasteiger partial charge in [0.15, 0.2) is 0 Å². The molecule has 0 spiro atoms. The molecule has 0 bridgehead atoms. The number of carbonyl (C=O) groups excluding carboxylic acids is 2. The van der Waals surface area contributed by atoms with E-state index in [9.17, 15) is 14.4 Å². The maximum atomic E-state index is 13.2. The zero-order valence-corrected chi connectivity index (χ0v) is 24.2. The highest BCUT2D eigenvalue weighted by atomic mass is 16.6. The molecule has 8 nitrogen and oxygen atoms in total. The van der Waals surface area contributed by atoms with Gasteiger partial charge in [0.05, 0.1) is 0 Å². The number of hydrogen-bond donors (Lipinski definition) is 2. The fourth-order valence-corrected chi connectivity index (χ4v) is 5.41. The molecule has 1 aliphatic rings. The number of nitrogens with zero attached hydrogens (tertiary/aromatic N) is 2. The number of carbonyl (C=O) groups is 2. The fourth-order valence-electron chi connectivity index (χ4n) is 5.41. The lowest BCUT2D eigenvalue weighted by Crippen LogP contribution is -2.46. The van der Waals surface area contributed by atoms with Crippen LogP contribution in [0, 0.1) is 20.8 Å². The van der Waals surface area contributed by atoms with Crippen molar-refractivity contribution in [1.29, 1.82) is 0 Å². The number of aromatic amines is 1. The molecule has 2 amide bonds. The van der Waals surface area contributed by atoms with Crippen LogP contribution in [0.25, 0.3) is 0 Å². The summed E-state index contributed by atoms with van der Waals surface area (Å²) in [6.07, 6.45) is 3.44. The van der Waals surface area contributed by atoms with E-state index >= 15 is 0 Å². The van der Waals surface area contributed by atoms with Crippen molar-refractivity contribution >= 4 is 17.7 Å². The highest BCUT2D eigenvalue weighted by Gasteiger charge is 2.32. The van der Waals surface area contributed by atoms with Crippen molar-refractivity contribution in [3.63, 3.8) is 0 Å². The van der Waals surface area contributed by atoms with Gasteiger partial charge >= 0.3 is 6.09 Å². The van der Waals surface area contributed by atoms with Gasteiger partial charge in [-0.25, -0.2) is 4.79 Å². The van der Waals surface area contributed by atoms with Crippen LogP contribution in [0.15, 0.2) is 29.1 Å². The molecule has 208 valence electrons. The number of benzene rings is 1. The van der Waals surface area contributed by atoms with Gasteiger partial charge in [0.25, 0.3) is 11.5 Å². The number of anilines is 1. The number of amides is 2. The summed E-state index contributed by atoms with van der Waals surface area (Å²) in [5, 5.41) is 2.94. The largest absolute Gasteiger partial charge is 0.444 e. The Balaban J connectivity index is 1.69. The minimum absolute atomic E-state index is 0.159. The summed E-state index contributed by atoms with van der Waals surface area (Å²) < 4.78 is 5.55. The topological polar surface area (TPSA) is 94.7 Å². The second-order valence-corrected chi connectivity index (χ2v) is 11.4. The lowest BCUT2D eigenvalue weighted by molar-refractivity contribution is 0.0183. The van der Waals surface area contributed by atoms with Crippen LogP contribution in [0.2, 0.25) is 0 Å². The average Bonchev–Trinajstić information content (AvgIpc) is 2.83. The maximum absolute atomic E-state index is 13.2. The van der Waals surface area contributed by atoms with Crippen LogP contribution in [0.5, 0.6) is 0 Å². The molecule has 0 aliphatic heterocycles. The molecule has 2 N–H and O–H groups in total. The summed E-state index contributed by atoms with van der Waals surface area (Å²) in [5.74, 6) is -0.192. The Bertz CT molecular complexity index is 1210. The van der Waals surface area contributed by atoms with Crippen LogP contribution in [-0.4, -0.2) is 53.2 Å². The summed E-state index contributed by atoms with van der Waals surface area (Å²) in [6.45, 7) is 14.5. The molecule has 1 aromatic heterocycles. The van der Waals surface area contributed by atoms with Gasteiger partial charge in [-0.3, -0.25) is 9.59 Å². The molecule has 38 heavy (non-hydrogen) atoms. The standard InChI is InChI=1S/C30H44N4O4/c1-9-34(23-15-13-22(14-16-23)33(8)29(37)38-30(5,6)7)26-12-10-11-24(21(26)4)27(35)31-18-25-19(2)17-20(3)32-28(25)36/h10-12,17,22-23H,9,13-16,18H2,1-8H3,(H,31,35)(H,32,36)/t22-,23-. The first-order valence-electron chi connectivity index (χ1n) is 13.6. The zero-order chi connectivity index (χ0) is 28.2. The van der Waals surface area contributed by atoms with Crippen LogP contribution < -0.4 is 15.8 Å². The van der Waals surface area contributed by atoms with Crippen molar-refractivity contribution in [2.75, 3.05) is 18.5 Å². The van der Waals surface area contributed by atoms with E-state index in [1.165, 1.54) is 0 Å². The monoisotopic (exact) mass is 524 g/mol. The minimum atomic E-state index is -0.509. The fraction of sp³-hybridized carbons (Fsp3) is 0.567. The number of pyridine rings is 1. The third-order valence-corrected chi connectivity index (χ3v) is 7.46. The zero-order valence-electron chi connectivity index (χ0n) is 24.2. The van der Waals surface area contributed by atoms with Gasteiger partial charge in [-0.05, 0) is 103 Å². The average molecular weight is 525 g/mol. The van der Waals surface area contributed by atoms with Gasteiger partial charge < -0.3 is 24.8 Å². The molecule has 1 saturated carbocycles. The SMILES string of the molecule is CCN(c1cccc(C(=O)NCc2c(C)cc(C)[nH]c2=O)c1C)[C@H]1CC[C@H](N(C)C(=O)OC(C)(C)C)CC1. The smallest absolute Gasteiger partial charge is 0.410 e. The third-order valence-electron chi connectivity index (χ3n) is 7.46. The lowest BCUT2D eigenvalue weighted by atomic mass is 9.88. The minimum Gasteiger partial charge on any atom is -0.444 e. The van der Waals surface area contributed by atoms with Crippen molar-refractivity contribution in [3.05, 3.63) is 62.6 Å². The Morgan fingerprint density at radius 3 is 2.29 bits per heavy atom. The molecule has 1 aliphatic carbocycles. The first-order chi connectivity index (χ1) is 17.8. The van der Waals surface area contributed by atoms with Crippen LogP contribution in [0.1, 0.15) is 86.1 Å². The maximum Gasteiger partial charge on any atom is 0.410 e. The van der Waals surface area contributed by atoms with Gasteiger partial charge in [-0.2, -0.15) is 0 Å². The van der Waals surface area contributed by atoms with E-state index in [-0.39, 0.29) is 30.1 Å². The molecule has 1 aromatic carbocycles. The van der Waals surface area contributed by atoms with Gasteiger partial charge in [-0.1, -0.05) is 6.07 Å². The normalized spacial score (nSPS) is 17.6. The molecule has 0 saturated heterocycles. The molecule has 0 unspecified atom stereocenters. The third kappa shape index (κ3) is 6.97. The van der Waals surface area contributed by atoms with Crippen LogP contribution in [-0.2, 0) is 11.3 Å². The summed E-state index contributed by atoms with van der Waals surface area (Å²) in [5.41, 5.74) is 4.14. The second-order valence-electron chi connectivity index (χ2n) is 11.4. The summed E-state index contributed by atoms with van der Waals surface area (Å²) in [4.78, 5) is 45.0. The van der Waals surface area contributed by atoms with Gasteiger partial charge in [-0.15, -0.1) is 0 Å². The highest BCUT2D eigenvalue weighted by molar-refractivity contribution is 5.97. The molecular weight excluding hydrogens is 480 g/mol. The first kappa shape index (κ1) is 29.3. The molecule has 3 rings (SSSR count). The second kappa shape index (κ2) is 12.0. The van der Waals surface area contributed by atoms with E-state index in [1.54, 1.807) is 4.90 Å². The van der Waals surface area contributed by atoms with E-state index in [2.05, 4.69) is 28.2 Å². The van der Waals surface area contributed by atoms with Crippen LogP contribution in [0.4, 0.5) is 10.5 Å². The van der Waals surface area contributed by atoms with Gasteiger partial charge in [0.2, 0.25) is 0 Å². The van der Waals surface area contributed by atoms with Crippen molar-refractivity contribution in [1.82, 2.24) is 15.2 Å². The predicted molar refractivity (Wildman–Crippen MR) is 152 cm³/mol. The molecule has 8 heteroatoms. The van der Waals surface area contributed by atoms with Crippen molar-refractivity contribution in [3.8, 4) is 0 Å². The van der Waals surface area contributed by atoms with E-state index in [0.717, 1.165) is 54.7 Å². The van der Waals surface area contributed by atoms with E-state index in [1.807, 2.05) is 66.8 Å². The number of aromatic nitrogens is 1. The number of nitrogens with one attached hydrogen (secondary N) is 2. The van der Waals surface area contributed by atoms with Gasteiger partial charge in [0, 0.05) is 54.7 Å². The molecule has 2 aromatic rings. The van der Waals surface area contributed by atoms with Crippen molar-refractivity contribution < 1.29 is 14.3 Å². The van der Waals surface area contributed by atoms with E-state index in [4.69, 9.17) is 4.74 Å². The Hall–Kier alpha value is -3.29. The quantitative estimate of drug-likeness (QED) is 0.517. The number of H-pyrrole nitrogens is 1. The van der Waals surface area contributed by atoms with E-state index in [0.29, 0.717) is 17.2 Å². The molecule has 1 heterocycles. The van der Waals surface area contributed by atoms with Crippen molar-refractivity contribution in [2.24, 2.45) is 0 Å². The summed E-state index contributed by atoms with van der Waals surface area (Å²) in [6, 6.07) is 8.23. The number of aryl methyl sites for hydroxylation is 2.